The minimum atomic E-state index is -3.75. The van der Waals surface area contributed by atoms with E-state index in [-0.39, 0.29) is 29.0 Å². The maximum atomic E-state index is 12.0. The number of rotatable bonds is 8. The first-order valence-electron chi connectivity index (χ1n) is 8.27. The fraction of sp³-hybridized carbons (Fsp3) is 0.111. The van der Waals surface area contributed by atoms with Crippen LogP contribution < -0.4 is 20.5 Å². The zero-order valence-corrected chi connectivity index (χ0v) is 16.6. The summed E-state index contributed by atoms with van der Waals surface area (Å²) in [5.41, 5.74) is 0.485. The first-order chi connectivity index (χ1) is 13.8. The lowest BCUT2D eigenvalue weighted by molar-refractivity contribution is -0.123. The highest BCUT2D eigenvalue weighted by atomic mass is 32.2. The van der Waals surface area contributed by atoms with Crippen molar-refractivity contribution < 1.29 is 27.2 Å². The second-order valence-electron chi connectivity index (χ2n) is 5.79. The number of thiophene rings is 1. The monoisotopic (exact) mass is 435 g/mol. The SMILES string of the molecule is NS(=O)(=O)c1ccc(CNC(=O)COc2cccc(NC(=O)c3ccco3)c2)s1. The summed E-state index contributed by atoms with van der Waals surface area (Å²) >= 11 is 0.986. The van der Waals surface area contributed by atoms with Gasteiger partial charge in [0, 0.05) is 16.6 Å². The third-order valence-corrected chi connectivity index (χ3v) is 6.11. The molecule has 0 aliphatic carbocycles. The van der Waals surface area contributed by atoms with Gasteiger partial charge < -0.3 is 19.8 Å². The Morgan fingerprint density at radius 2 is 1.97 bits per heavy atom. The largest absolute Gasteiger partial charge is 0.484 e. The minimum absolute atomic E-state index is 0.0337. The molecule has 1 aromatic carbocycles. The van der Waals surface area contributed by atoms with Crippen molar-refractivity contribution in [3.05, 3.63) is 65.4 Å². The van der Waals surface area contributed by atoms with Gasteiger partial charge in [-0.25, -0.2) is 13.6 Å². The number of ether oxygens (including phenoxy) is 1. The Bertz CT molecular complexity index is 1110. The number of carbonyl (C=O) groups excluding carboxylic acids is 2. The lowest BCUT2D eigenvalue weighted by Crippen LogP contribution is -2.28. The smallest absolute Gasteiger partial charge is 0.291 e. The highest BCUT2D eigenvalue weighted by Crippen LogP contribution is 2.20. The zero-order chi connectivity index (χ0) is 20.9. The standard InChI is InChI=1S/C18H17N3O6S2/c19-29(24,25)17-7-6-14(28-17)10-20-16(22)11-27-13-4-1-3-12(9-13)21-18(23)15-5-2-8-26-15/h1-9H,10-11H2,(H,20,22)(H,21,23)(H2,19,24,25). The van der Waals surface area contributed by atoms with Gasteiger partial charge in [-0.05, 0) is 36.4 Å². The predicted molar refractivity (Wildman–Crippen MR) is 106 cm³/mol. The average molecular weight is 435 g/mol. The Labute approximate surface area is 170 Å². The number of carbonyl (C=O) groups is 2. The highest BCUT2D eigenvalue weighted by Gasteiger charge is 2.12. The van der Waals surface area contributed by atoms with Crippen LogP contribution in [0.5, 0.6) is 5.75 Å². The molecule has 9 nitrogen and oxygen atoms in total. The van der Waals surface area contributed by atoms with Crippen molar-refractivity contribution in [2.45, 2.75) is 10.8 Å². The molecule has 2 heterocycles. The topological polar surface area (TPSA) is 141 Å². The minimum Gasteiger partial charge on any atom is -0.484 e. The van der Waals surface area contributed by atoms with Crippen LogP contribution in [0.25, 0.3) is 0 Å². The molecule has 0 radical (unpaired) electrons. The molecule has 2 aromatic heterocycles. The Balaban J connectivity index is 1.49. The third-order valence-electron chi connectivity index (χ3n) is 3.58. The number of nitrogens with one attached hydrogen (secondary N) is 2. The molecule has 29 heavy (non-hydrogen) atoms. The van der Waals surface area contributed by atoms with Crippen molar-refractivity contribution >= 4 is 38.9 Å². The first kappa shape index (κ1) is 20.6. The number of sulfonamides is 1. The molecule has 0 atom stereocenters. The van der Waals surface area contributed by atoms with Crippen LogP contribution in [0.1, 0.15) is 15.4 Å². The van der Waals surface area contributed by atoms with E-state index in [0.717, 1.165) is 11.3 Å². The maximum Gasteiger partial charge on any atom is 0.291 e. The van der Waals surface area contributed by atoms with Crippen molar-refractivity contribution in [3.8, 4) is 5.75 Å². The first-order valence-corrected chi connectivity index (χ1v) is 10.6. The van der Waals surface area contributed by atoms with E-state index in [1.165, 1.54) is 12.3 Å². The molecule has 0 fully saturated rings. The van der Waals surface area contributed by atoms with Gasteiger partial charge in [0.1, 0.15) is 9.96 Å². The molecule has 152 valence electrons. The molecule has 0 saturated carbocycles. The number of hydrogen-bond donors (Lipinski definition) is 3. The van der Waals surface area contributed by atoms with E-state index in [2.05, 4.69) is 10.6 Å². The summed E-state index contributed by atoms with van der Waals surface area (Å²) in [6.45, 7) is -0.0926. The number of nitrogens with two attached hydrogens (primary N) is 1. The molecule has 4 N–H and O–H groups in total. The summed E-state index contributed by atoms with van der Waals surface area (Å²) in [5, 5.41) is 10.3. The lowest BCUT2D eigenvalue weighted by Gasteiger charge is -2.09. The molecule has 0 spiro atoms. The average Bonchev–Trinajstić information content (AvgIpc) is 3.36. The van der Waals surface area contributed by atoms with E-state index in [1.54, 1.807) is 42.5 Å². The van der Waals surface area contributed by atoms with E-state index >= 15 is 0 Å². The normalized spacial score (nSPS) is 11.1. The van der Waals surface area contributed by atoms with Gasteiger partial charge in [-0.15, -0.1) is 11.3 Å². The summed E-state index contributed by atoms with van der Waals surface area (Å²) in [7, 11) is -3.75. The van der Waals surface area contributed by atoms with Crippen molar-refractivity contribution in [1.82, 2.24) is 5.32 Å². The van der Waals surface area contributed by atoms with Crippen LogP contribution in [0.2, 0.25) is 0 Å². The summed E-state index contributed by atoms with van der Waals surface area (Å²) in [4.78, 5) is 24.6. The number of primary sulfonamides is 1. The number of benzene rings is 1. The van der Waals surface area contributed by atoms with Crippen molar-refractivity contribution in [2.24, 2.45) is 5.14 Å². The molecular weight excluding hydrogens is 418 g/mol. The van der Waals surface area contributed by atoms with E-state index < -0.39 is 15.9 Å². The number of hydrogen-bond acceptors (Lipinski definition) is 7. The molecule has 3 aromatic rings. The van der Waals surface area contributed by atoms with Gasteiger partial charge in [-0.2, -0.15) is 0 Å². The summed E-state index contributed by atoms with van der Waals surface area (Å²) < 4.78 is 33.0. The van der Waals surface area contributed by atoms with Gasteiger partial charge in [0.15, 0.2) is 12.4 Å². The zero-order valence-electron chi connectivity index (χ0n) is 15.0. The van der Waals surface area contributed by atoms with Crippen LogP contribution in [0.15, 0.2) is 63.4 Å². The second kappa shape index (κ2) is 8.90. The second-order valence-corrected chi connectivity index (χ2v) is 8.75. The highest BCUT2D eigenvalue weighted by molar-refractivity contribution is 7.91. The van der Waals surface area contributed by atoms with Crippen molar-refractivity contribution in [2.75, 3.05) is 11.9 Å². The third kappa shape index (κ3) is 5.91. The van der Waals surface area contributed by atoms with E-state index in [0.29, 0.717) is 16.3 Å². The molecular formula is C18H17N3O6S2. The van der Waals surface area contributed by atoms with Gasteiger partial charge >= 0.3 is 0 Å². The molecule has 0 aliphatic rings. The van der Waals surface area contributed by atoms with Crippen LogP contribution in [0.3, 0.4) is 0 Å². The van der Waals surface area contributed by atoms with Gasteiger partial charge in [0.05, 0.1) is 12.8 Å². The lowest BCUT2D eigenvalue weighted by atomic mass is 10.3. The Kier molecular flexibility index (Phi) is 6.32. The molecule has 11 heteroatoms. The van der Waals surface area contributed by atoms with Crippen LogP contribution in [0, 0.1) is 0 Å². The van der Waals surface area contributed by atoms with Crippen molar-refractivity contribution in [1.29, 1.82) is 0 Å². The number of amides is 2. The molecule has 0 aliphatic heterocycles. The molecule has 0 bridgehead atoms. The Morgan fingerprint density at radius 1 is 1.14 bits per heavy atom. The number of anilines is 1. The van der Waals surface area contributed by atoms with E-state index in [1.807, 2.05) is 0 Å². The van der Waals surface area contributed by atoms with Crippen LogP contribution in [-0.4, -0.2) is 26.8 Å². The Morgan fingerprint density at radius 3 is 2.66 bits per heavy atom. The number of furan rings is 1. The van der Waals surface area contributed by atoms with Crippen LogP contribution in [0.4, 0.5) is 5.69 Å². The van der Waals surface area contributed by atoms with Gasteiger partial charge in [0.2, 0.25) is 10.0 Å². The van der Waals surface area contributed by atoms with Gasteiger partial charge in [-0.3, -0.25) is 9.59 Å². The van der Waals surface area contributed by atoms with Crippen LogP contribution >= 0.6 is 11.3 Å². The fourth-order valence-electron chi connectivity index (χ4n) is 2.26. The summed E-state index contributed by atoms with van der Waals surface area (Å²) in [6.07, 6.45) is 1.40. The predicted octanol–water partition coefficient (Wildman–Crippen LogP) is 1.94. The maximum absolute atomic E-state index is 12.0. The Hall–Kier alpha value is -3.15. The van der Waals surface area contributed by atoms with Crippen LogP contribution in [-0.2, 0) is 21.4 Å². The summed E-state index contributed by atoms with van der Waals surface area (Å²) in [5.74, 6) is -0.222. The quantitative estimate of drug-likeness (QED) is 0.494. The molecule has 0 unspecified atom stereocenters. The van der Waals surface area contributed by atoms with Gasteiger partial charge in [0.25, 0.3) is 11.8 Å². The van der Waals surface area contributed by atoms with E-state index in [4.69, 9.17) is 14.3 Å². The summed E-state index contributed by atoms with van der Waals surface area (Å²) in [6, 6.07) is 12.7. The molecule has 2 amide bonds. The fourth-order valence-corrected chi connectivity index (χ4v) is 3.97. The molecule has 3 rings (SSSR count). The van der Waals surface area contributed by atoms with E-state index in [9.17, 15) is 18.0 Å². The van der Waals surface area contributed by atoms with Gasteiger partial charge in [-0.1, -0.05) is 6.07 Å². The van der Waals surface area contributed by atoms with Crippen molar-refractivity contribution in [3.63, 3.8) is 0 Å². The molecule has 0 saturated heterocycles.